The quantitative estimate of drug-likeness (QED) is 0.0883. The number of carbonyl (C=O) groups excluding carboxylic acids is 1. The zero-order valence-electron chi connectivity index (χ0n) is 32.2. The van der Waals surface area contributed by atoms with E-state index in [0.29, 0.717) is 61.1 Å². The number of rotatable bonds is 13. The summed E-state index contributed by atoms with van der Waals surface area (Å²) in [6, 6.07) is 22.9. The lowest BCUT2D eigenvalue weighted by Gasteiger charge is -2.32. The number of hydrogen-bond donors (Lipinski definition) is 3. The van der Waals surface area contributed by atoms with Gasteiger partial charge in [-0.3, -0.25) is 9.52 Å². The zero-order valence-corrected chi connectivity index (χ0v) is 33.0. The van der Waals surface area contributed by atoms with E-state index >= 15 is 0 Å². The van der Waals surface area contributed by atoms with Gasteiger partial charge in [-0.25, -0.2) is 13.2 Å². The fourth-order valence-electron chi connectivity index (χ4n) is 6.03. The lowest BCUT2D eigenvalue weighted by atomic mass is 9.89. The number of benzene rings is 3. The number of aliphatic carboxylic acids is 1. The molecule has 0 spiro atoms. The van der Waals surface area contributed by atoms with Crippen LogP contribution in [0.2, 0.25) is 0 Å². The monoisotopic (exact) mass is 853 g/mol. The number of ether oxygens (including phenoxy) is 2. The fraction of sp³-hybridized carbons (Fsp3) is 0.400. The molecular formula is C40H45F6N5O7S. The Morgan fingerprint density at radius 3 is 2.08 bits per heavy atom. The van der Waals surface area contributed by atoms with Crippen molar-refractivity contribution in [3.63, 3.8) is 0 Å². The normalized spacial score (nSPS) is 14.7. The maximum absolute atomic E-state index is 13.6. The number of amides is 1. The highest BCUT2D eigenvalue weighted by Crippen LogP contribution is 2.33. The third kappa shape index (κ3) is 14.4. The van der Waals surface area contributed by atoms with Gasteiger partial charge in [-0.2, -0.15) is 26.3 Å². The molecule has 3 N–H and O–H groups in total. The van der Waals surface area contributed by atoms with Crippen LogP contribution in [0.25, 0.3) is 0 Å². The number of nitrogens with one attached hydrogen (secondary N) is 2. The summed E-state index contributed by atoms with van der Waals surface area (Å²) >= 11 is 0. The summed E-state index contributed by atoms with van der Waals surface area (Å²) in [5.74, 6) is -1.61. The van der Waals surface area contributed by atoms with Crippen molar-refractivity contribution in [2.75, 3.05) is 37.5 Å². The minimum absolute atomic E-state index is 0.0500. The molecule has 12 nitrogen and oxygen atoms in total. The number of nitrogens with zero attached hydrogens (tertiary/aromatic N) is 3. The van der Waals surface area contributed by atoms with Crippen LogP contribution in [0.15, 0.2) is 84.9 Å². The van der Waals surface area contributed by atoms with Crippen molar-refractivity contribution < 1.29 is 58.9 Å². The Balaban J connectivity index is 0.000000774. The lowest BCUT2D eigenvalue weighted by Crippen LogP contribution is -2.41. The topological polar surface area (TPSA) is 160 Å². The van der Waals surface area contributed by atoms with E-state index in [-0.39, 0.29) is 29.1 Å². The van der Waals surface area contributed by atoms with E-state index < -0.39 is 34.0 Å². The molecule has 0 atom stereocenters. The summed E-state index contributed by atoms with van der Waals surface area (Å²) in [5, 5.41) is 17.1. The van der Waals surface area contributed by atoms with E-state index in [1.807, 2.05) is 32.0 Å². The number of alkyl halides is 6. The van der Waals surface area contributed by atoms with Crippen LogP contribution in [0.3, 0.4) is 0 Å². The molecule has 320 valence electrons. The van der Waals surface area contributed by atoms with E-state index in [1.165, 1.54) is 0 Å². The Hall–Kier alpha value is -5.43. The fourth-order valence-corrected chi connectivity index (χ4v) is 7.22. The first kappa shape index (κ1) is 46.3. The van der Waals surface area contributed by atoms with E-state index in [4.69, 9.17) is 19.4 Å². The smallest absolute Gasteiger partial charge is 0.490 e. The molecule has 1 aromatic heterocycles. The van der Waals surface area contributed by atoms with Crippen LogP contribution in [0.1, 0.15) is 72.6 Å². The van der Waals surface area contributed by atoms with Crippen molar-refractivity contribution in [2.45, 2.75) is 63.6 Å². The van der Waals surface area contributed by atoms with Crippen LogP contribution in [0.5, 0.6) is 17.4 Å². The summed E-state index contributed by atoms with van der Waals surface area (Å²) in [7, 11) is -3.80. The van der Waals surface area contributed by atoms with Gasteiger partial charge in [0.05, 0.1) is 18.0 Å². The Bertz CT molecular complexity index is 2060. The van der Waals surface area contributed by atoms with Gasteiger partial charge in [0.15, 0.2) is 5.69 Å². The standard InChI is InChI=1S/C36H38F3N5O5S.C2HF3O2.C2H6/c37-36(38,39)33-14-15-34(42-41-33)49-30-11-8-27(9-12-30)28-16-18-44(19-17-28)35(45)29-10-13-32(48-20-4-7-26-22-40-23-26)31(21-29)43-50(46,47)24-25-5-2-1-3-6-25;3-2(4,5)1(6)7;1-2/h1-3,5-6,8-15,21,26,28,40,43H,4,7,16-20,22-24H2;(H,6,7);1-2H3. The van der Waals surface area contributed by atoms with Gasteiger partial charge in [0.25, 0.3) is 5.91 Å². The van der Waals surface area contributed by atoms with E-state index in [2.05, 4.69) is 20.2 Å². The number of carboxylic acids is 1. The molecule has 1 amide bonds. The minimum Gasteiger partial charge on any atom is -0.491 e. The number of anilines is 1. The van der Waals surface area contributed by atoms with Crippen LogP contribution in [-0.2, 0) is 26.7 Å². The van der Waals surface area contributed by atoms with Gasteiger partial charge < -0.3 is 24.8 Å². The number of piperidine rings is 1. The molecule has 2 aliphatic heterocycles. The summed E-state index contributed by atoms with van der Waals surface area (Å²) in [6.45, 7) is 7.45. The summed E-state index contributed by atoms with van der Waals surface area (Å²) in [6.07, 6.45) is -6.38. The largest absolute Gasteiger partial charge is 0.491 e. The average molecular weight is 854 g/mol. The number of sulfonamides is 1. The second-order valence-electron chi connectivity index (χ2n) is 13.4. The average Bonchev–Trinajstić information content (AvgIpc) is 3.18. The molecule has 59 heavy (non-hydrogen) atoms. The van der Waals surface area contributed by atoms with Gasteiger partial charge in [0.1, 0.15) is 11.5 Å². The molecule has 0 saturated carbocycles. The van der Waals surface area contributed by atoms with Crippen LogP contribution in [0, 0.1) is 5.92 Å². The number of carboxylic acid groups (broad SMARTS) is 1. The Labute approximate surface area is 338 Å². The summed E-state index contributed by atoms with van der Waals surface area (Å²) < 4.78 is 111. The maximum atomic E-state index is 13.6. The predicted octanol–water partition coefficient (Wildman–Crippen LogP) is 8.29. The molecule has 3 aromatic carbocycles. The van der Waals surface area contributed by atoms with Crippen molar-refractivity contribution in [3.8, 4) is 17.4 Å². The number of aromatic nitrogens is 2. The Morgan fingerprint density at radius 1 is 0.898 bits per heavy atom. The van der Waals surface area contributed by atoms with Crippen LogP contribution in [0.4, 0.5) is 32.0 Å². The van der Waals surface area contributed by atoms with Gasteiger partial charge >= 0.3 is 18.3 Å². The van der Waals surface area contributed by atoms with Gasteiger partial charge in [0.2, 0.25) is 15.9 Å². The minimum atomic E-state index is -5.08. The zero-order chi connectivity index (χ0) is 43.2. The Kier molecular flexibility index (Phi) is 16.5. The summed E-state index contributed by atoms with van der Waals surface area (Å²) in [5.41, 5.74) is 1.19. The predicted molar refractivity (Wildman–Crippen MR) is 207 cm³/mol. The Morgan fingerprint density at radius 2 is 1.54 bits per heavy atom. The second-order valence-corrected chi connectivity index (χ2v) is 15.1. The van der Waals surface area contributed by atoms with E-state index in [0.717, 1.165) is 43.6 Å². The van der Waals surface area contributed by atoms with Gasteiger partial charge in [-0.1, -0.05) is 56.3 Å². The van der Waals surface area contributed by atoms with E-state index in [9.17, 15) is 39.6 Å². The van der Waals surface area contributed by atoms with Crippen LogP contribution < -0.4 is 19.5 Å². The third-order valence-electron chi connectivity index (χ3n) is 9.10. The molecule has 2 fully saturated rings. The molecular weight excluding hydrogens is 809 g/mol. The van der Waals surface area contributed by atoms with Crippen molar-refractivity contribution in [2.24, 2.45) is 5.92 Å². The maximum Gasteiger partial charge on any atom is 0.490 e. The van der Waals surface area contributed by atoms with Crippen molar-refractivity contribution in [1.82, 2.24) is 20.4 Å². The number of hydrogen-bond acceptors (Lipinski definition) is 9. The molecule has 2 saturated heterocycles. The van der Waals surface area contributed by atoms with Gasteiger partial charge in [-0.05, 0) is 98.1 Å². The number of likely N-dealkylation sites (tertiary alicyclic amines) is 1. The first-order valence-corrected chi connectivity index (χ1v) is 20.4. The van der Waals surface area contributed by atoms with Crippen molar-refractivity contribution in [1.29, 1.82) is 0 Å². The molecule has 0 unspecified atom stereocenters. The molecule has 0 radical (unpaired) electrons. The van der Waals surface area contributed by atoms with Gasteiger partial charge in [-0.15, -0.1) is 10.2 Å². The second kappa shape index (κ2) is 21.0. The molecule has 2 aliphatic rings. The van der Waals surface area contributed by atoms with E-state index in [1.54, 1.807) is 59.5 Å². The molecule has 19 heteroatoms. The number of halogens is 6. The highest BCUT2D eigenvalue weighted by atomic mass is 32.2. The van der Waals surface area contributed by atoms with Gasteiger partial charge in [0, 0.05) is 24.7 Å². The van der Waals surface area contributed by atoms with Crippen LogP contribution >= 0.6 is 0 Å². The first-order chi connectivity index (χ1) is 28.0. The molecule has 0 aliphatic carbocycles. The van der Waals surface area contributed by atoms with Crippen LogP contribution in [-0.4, -0.2) is 79.5 Å². The molecule has 3 heterocycles. The lowest BCUT2D eigenvalue weighted by molar-refractivity contribution is -0.192. The molecule has 0 bridgehead atoms. The molecule has 6 rings (SSSR count). The summed E-state index contributed by atoms with van der Waals surface area (Å²) in [4.78, 5) is 24.3. The number of carbonyl (C=O) groups is 2. The third-order valence-corrected chi connectivity index (χ3v) is 10.3. The highest BCUT2D eigenvalue weighted by Gasteiger charge is 2.38. The molecule has 4 aromatic rings. The van der Waals surface area contributed by atoms with Crippen molar-refractivity contribution >= 4 is 27.6 Å². The highest BCUT2D eigenvalue weighted by molar-refractivity contribution is 7.91. The first-order valence-electron chi connectivity index (χ1n) is 18.8. The SMILES string of the molecule is CC.O=C(O)C(F)(F)F.O=C(c1ccc(OCCCC2CNC2)c(NS(=O)(=O)Cc2ccccc2)c1)N1CCC(c2ccc(Oc3ccc(C(F)(F)F)nn3)cc2)CC1. The van der Waals surface area contributed by atoms with Crippen molar-refractivity contribution in [3.05, 3.63) is 107 Å².